The molecule has 19 heavy (non-hydrogen) atoms. The Kier molecular flexibility index (Phi) is 4.10. The van der Waals surface area contributed by atoms with Gasteiger partial charge in [0, 0.05) is 11.5 Å². The molecule has 4 nitrogen and oxygen atoms in total. The first-order chi connectivity index (χ1) is 9.06. The van der Waals surface area contributed by atoms with Crippen molar-refractivity contribution in [2.75, 3.05) is 11.9 Å². The van der Waals surface area contributed by atoms with Crippen LogP contribution in [0.5, 0.6) is 5.75 Å². The molecule has 0 spiro atoms. The third kappa shape index (κ3) is 2.73. The average Bonchev–Trinajstić information content (AvgIpc) is 2.39. The first kappa shape index (κ1) is 13.9. The van der Waals surface area contributed by atoms with Gasteiger partial charge >= 0.3 is 0 Å². The zero-order valence-corrected chi connectivity index (χ0v) is 11.7. The first-order valence-electron chi connectivity index (χ1n) is 6.37. The van der Waals surface area contributed by atoms with Crippen LogP contribution in [0.2, 0.25) is 5.02 Å². The van der Waals surface area contributed by atoms with Gasteiger partial charge in [0.1, 0.15) is 5.75 Å². The second-order valence-electron chi connectivity index (χ2n) is 4.54. The molecule has 0 saturated carbocycles. The third-order valence-electron chi connectivity index (χ3n) is 3.32. The van der Waals surface area contributed by atoms with Gasteiger partial charge in [-0.05, 0) is 25.0 Å². The Labute approximate surface area is 117 Å². The Morgan fingerprint density at radius 3 is 2.74 bits per heavy atom. The van der Waals surface area contributed by atoms with Crippen molar-refractivity contribution in [3.8, 4) is 5.75 Å². The number of amides is 1. The first-order valence-corrected chi connectivity index (χ1v) is 6.75. The standard InChI is InChI=1S/C14H16ClNO3/c1-3-8(4-2)14(18)9-5-12-11(6-10(9)15)16-13(17)7-19-12/h5-6,8H,3-4,7H2,1-2H3,(H,16,17). The number of fused-ring (bicyclic) bond motifs is 1. The molecule has 0 aromatic heterocycles. The maximum absolute atomic E-state index is 12.4. The summed E-state index contributed by atoms with van der Waals surface area (Å²) in [6.07, 6.45) is 1.56. The van der Waals surface area contributed by atoms with Gasteiger partial charge in [0.15, 0.2) is 12.4 Å². The molecule has 5 heteroatoms. The Bertz CT molecular complexity index is 524. The van der Waals surface area contributed by atoms with Crippen LogP contribution in [-0.4, -0.2) is 18.3 Å². The minimum absolute atomic E-state index is 0.0262. The van der Waals surface area contributed by atoms with Crippen LogP contribution < -0.4 is 10.1 Å². The van der Waals surface area contributed by atoms with Gasteiger partial charge in [-0.25, -0.2) is 0 Å². The molecule has 0 unspecified atom stereocenters. The fourth-order valence-electron chi connectivity index (χ4n) is 2.17. The van der Waals surface area contributed by atoms with Crippen LogP contribution in [0.15, 0.2) is 12.1 Å². The number of benzene rings is 1. The predicted octanol–water partition coefficient (Wildman–Crippen LogP) is 3.29. The van der Waals surface area contributed by atoms with E-state index in [0.717, 1.165) is 12.8 Å². The van der Waals surface area contributed by atoms with Crippen molar-refractivity contribution in [1.82, 2.24) is 0 Å². The second-order valence-corrected chi connectivity index (χ2v) is 4.95. The summed E-state index contributed by atoms with van der Waals surface area (Å²) in [6.45, 7) is 3.93. The largest absolute Gasteiger partial charge is 0.482 e. The fourth-order valence-corrected chi connectivity index (χ4v) is 2.43. The van der Waals surface area contributed by atoms with E-state index in [4.69, 9.17) is 16.3 Å². The summed E-state index contributed by atoms with van der Waals surface area (Å²) in [4.78, 5) is 23.6. The lowest BCUT2D eigenvalue weighted by atomic mass is 9.92. The number of anilines is 1. The Balaban J connectivity index is 2.37. The molecule has 1 aliphatic heterocycles. The molecule has 1 aromatic carbocycles. The number of rotatable bonds is 4. The molecule has 1 aromatic rings. The zero-order chi connectivity index (χ0) is 14.0. The van der Waals surface area contributed by atoms with E-state index < -0.39 is 0 Å². The van der Waals surface area contributed by atoms with Gasteiger partial charge in [0.2, 0.25) is 0 Å². The molecule has 1 aliphatic rings. The minimum Gasteiger partial charge on any atom is -0.482 e. The Morgan fingerprint density at radius 2 is 2.11 bits per heavy atom. The molecule has 1 amide bonds. The van der Waals surface area contributed by atoms with Crippen LogP contribution in [0, 0.1) is 5.92 Å². The van der Waals surface area contributed by atoms with E-state index in [0.29, 0.717) is 22.0 Å². The van der Waals surface area contributed by atoms with E-state index in [1.54, 1.807) is 12.1 Å². The quantitative estimate of drug-likeness (QED) is 0.862. The number of ketones is 1. The molecule has 0 radical (unpaired) electrons. The Morgan fingerprint density at radius 1 is 1.42 bits per heavy atom. The van der Waals surface area contributed by atoms with Gasteiger partial charge in [0.05, 0.1) is 10.7 Å². The lowest BCUT2D eigenvalue weighted by Crippen LogP contribution is -2.26. The topological polar surface area (TPSA) is 55.4 Å². The monoisotopic (exact) mass is 281 g/mol. The molecule has 1 N–H and O–H groups in total. The van der Waals surface area contributed by atoms with E-state index in [2.05, 4.69) is 5.32 Å². The summed E-state index contributed by atoms with van der Waals surface area (Å²) in [5.74, 6) is 0.271. The number of Topliss-reactive ketones (excluding diaryl/α,β-unsaturated/α-hetero) is 1. The molecule has 0 bridgehead atoms. The fraction of sp³-hybridized carbons (Fsp3) is 0.429. The van der Waals surface area contributed by atoms with Gasteiger partial charge in [0.25, 0.3) is 5.91 Å². The number of halogens is 1. The molecule has 1 heterocycles. The van der Waals surface area contributed by atoms with E-state index in [9.17, 15) is 9.59 Å². The summed E-state index contributed by atoms with van der Waals surface area (Å²) >= 11 is 6.13. The zero-order valence-electron chi connectivity index (χ0n) is 11.0. The van der Waals surface area contributed by atoms with Crippen molar-refractivity contribution < 1.29 is 14.3 Å². The maximum Gasteiger partial charge on any atom is 0.262 e. The minimum atomic E-state index is -0.220. The van der Waals surface area contributed by atoms with Gasteiger partial charge in [-0.2, -0.15) is 0 Å². The smallest absolute Gasteiger partial charge is 0.262 e. The van der Waals surface area contributed by atoms with Gasteiger partial charge in [-0.3, -0.25) is 9.59 Å². The maximum atomic E-state index is 12.4. The average molecular weight is 282 g/mol. The van der Waals surface area contributed by atoms with Crippen molar-refractivity contribution in [3.63, 3.8) is 0 Å². The number of hydrogen-bond donors (Lipinski definition) is 1. The molecule has 0 fully saturated rings. The second kappa shape index (κ2) is 5.61. The van der Waals surface area contributed by atoms with E-state index in [-0.39, 0.29) is 24.2 Å². The van der Waals surface area contributed by atoms with Gasteiger partial charge in [-0.1, -0.05) is 25.4 Å². The lowest BCUT2D eigenvalue weighted by molar-refractivity contribution is -0.118. The molecule has 2 rings (SSSR count). The number of hydrogen-bond acceptors (Lipinski definition) is 3. The molecule has 102 valence electrons. The van der Waals surface area contributed by atoms with Crippen LogP contribution in [0.4, 0.5) is 5.69 Å². The van der Waals surface area contributed by atoms with Crippen molar-refractivity contribution in [2.45, 2.75) is 26.7 Å². The molecular weight excluding hydrogens is 266 g/mol. The van der Waals surface area contributed by atoms with Crippen molar-refractivity contribution in [2.24, 2.45) is 5.92 Å². The molecule has 0 aliphatic carbocycles. The van der Waals surface area contributed by atoms with Crippen LogP contribution >= 0.6 is 11.6 Å². The predicted molar refractivity (Wildman–Crippen MR) is 74.0 cm³/mol. The van der Waals surface area contributed by atoms with Gasteiger partial charge < -0.3 is 10.1 Å². The summed E-state index contributed by atoms with van der Waals surface area (Å²) in [7, 11) is 0. The van der Waals surface area contributed by atoms with Crippen LogP contribution in [0.3, 0.4) is 0 Å². The van der Waals surface area contributed by atoms with Crippen molar-refractivity contribution >= 4 is 29.0 Å². The summed E-state index contributed by atoms with van der Waals surface area (Å²) in [6, 6.07) is 3.20. The number of nitrogens with one attached hydrogen (secondary N) is 1. The Hall–Kier alpha value is -1.55. The SMILES string of the molecule is CCC(CC)C(=O)c1cc2c(cc1Cl)NC(=O)CO2. The van der Waals surface area contributed by atoms with E-state index in [1.807, 2.05) is 13.8 Å². The summed E-state index contributed by atoms with van der Waals surface area (Å²) in [5, 5.41) is 3.01. The summed E-state index contributed by atoms with van der Waals surface area (Å²) < 4.78 is 5.31. The lowest BCUT2D eigenvalue weighted by Gasteiger charge is -2.20. The third-order valence-corrected chi connectivity index (χ3v) is 3.64. The highest BCUT2D eigenvalue weighted by Gasteiger charge is 2.23. The molecular formula is C14H16ClNO3. The molecule has 0 saturated heterocycles. The van der Waals surface area contributed by atoms with E-state index >= 15 is 0 Å². The van der Waals surface area contributed by atoms with Crippen molar-refractivity contribution in [3.05, 3.63) is 22.7 Å². The highest BCUT2D eigenvalue weighted by Crippen LogP contribution is 2.35. The number of ether oxygens (including phenoxy) is 1. The summed E-state index contributed by atoms with van der Waals surface area (Å²) in [5.41, 5.74) is 0.979. The van der Waals surface area contributed by atoms with Crippen molar-refractivity contribution in [1.29, 1.82) is 0 Å². The van der Waals surface area contributed by atoms with Gasteiger partial charge in [-0.15, -0.1) is 0 Å². The van der Waals surface area contributed by atoms with Crippen LogP contribution in [0.1, 0.15) is 37.0 Å². The highest BCUT2D eigenvalue weighted by molar-refractivity contribution is 6.34. The van der Waals surface area contributed by atoms with E-state index in [1.165, 1.54) is 0 Å². The highest BCUT2D eigenvalue weighted by atomic mass is 35.5. The normalized spacial score (nSPS) is 13.8. The number of carbonyl (C=O) groups is 2. The van der Waals surface area contributed by atoms with Crippen LogP contribution in [-0.2, 0) is 4.79 Å². The van der Waals surface area contributed by atoms with Crippen LogP contribution in [0.25, 0.3) is 0 Å². The molecule has 0 atom stereocenters. The number of carbonyl (C=O) groups excluding carboxylic acids is 2.